The Labute approximate surface area is 212 Å². The molecule has 6 rings (SSSR count). The van der Waals surface area contributed by atoms with Gasteiger partial charge in [0, 0.05) is 36.8 Å². The summed E-state index contributed by atoms with van der Waals surface area (Å²) in [6, 6.07) is 13.5. The zero-order valence-electron chi connectivity index (χ0n) is 21.1. The minimum absolute atomic E-state index is 0.181. The average molecular weight is 497 g/mol. The highest BCUT2D eigenvalue weighted by Gasteiger charge is 2.28. The Morgan fingerprint density at radius 3 is 2.73 bits per heavy atom. The normalized spacial score (nSPS) is 13.3. The second kappa shape index (κ2) is 8.88. The summed E-state index contributed by atoms with van der Waals surface area (Å²) in [5.74, 6) is -0.193. The van der Waals surface area contributed by atoms with Crippen molar-refractivity contribution in [1.29, 1.82) is 0 Å². The molecule has 1 aromatic carbocycles. The van der Waals surface area contributed by atoms with Gasteiger partial charge in [0.1, 0.15) is 5.69 Å². The lowest BCUT2D eigenvalue weighted by Gasteiger charge is -2.27. The quantitative estimate of drug-likeness (QED) is 0.386. The minimum atomic E-state index is -0.193. The zero-order chi connectivity index (χ0) is 25.7. The standard InChI is InChI=1S/C27H28N8O2/c1-4-11-34-17(3)25(16(2)31-34)22-13-23(30-29-22)27(37)33-12-10-20-19(15-33)26(36)35-24(28-20)14-21(32-35)18-8-6-5-7-9-18/h5-9,13-14,32H,4,10-12,15H2,1-3H3,(H,29,30). The fraction of sp³-hybridized carbons (Fsp3) is 0.296. The van der Waals surface area contributed by atoms with Gasteiger partial charge in [-0.3, -0.25) is 24.5 Å². The van der Waals surface area contributed by atoms with Gasteiger partial charge in [0.15, 0.2) is 5.65 Å². The summed E-state index contributed by atoms with van der Waals surface area (Å²) in [5, 5.41) is 15.1. The van der Waals surface area contributed by atoms with Gasteiger partial charge in [-0.2, -0.15) is 10.2 Å². The molecule has 1 amide bonds. The molecule has 2 N–H and O–H groups in total. The molecule has 0 saturated heterocycles. The van der Waals surface area contributed by atoms with E-state index in [1.165, 1.54) is 4.52 Å². The van der Waals surface area contributed by atoms with Gasteiger partial charge >= 0.3 is 0 Å². The lowest BCUT2D eigenvalue weighted by molar-refractivity contribution is 0.0726. The van der Waals surface area contributed by atoms with Crippen LogP contribution in [0, 0.1) is 13.8 Å². The number of benzene rings is 1. The average Bonchev–Trinajstić information content (AvgIpc) is 3.62. The first-order valence-electron chi connectivity index (χ1n) is 12.5. The Bertz CT molecular complexity index is 1690. The number of fused-ring (bicyclic) bond motifs is 2. The van der Waals surface area contributed by atoms with E-state index in [0.29, 0.717) is 35.6 Å². The van der Waals surface area contributed by atoms with E-state index in [-0.39, 0.29) is 18.0 Å². The highest BCUT2D eigenvalue weighted by molar-refractivity contribution is 5.93. The number of amides is 1. The maximum atomic E-state index is 13.4. The third-order valence-electron chi connectivity index (χ3n) is 7.01. The van der Waals surface area contributed by atoms with Crippen LogP contribution >= 0.6 is 0 Å². The van der Waals surface area contributed by atoms with Crippen molar-refractivity contribution in [1.82, 2.24) is 39.5 Å². The second-order valence-electron chi connectivity index (χ2n) is 9.48. The van der Waals surface area contributed by atoms with Crippen LogP contribution in [0.1, 0.15) is 46.5 Å². The summed E-state index contributed by atoms with van der Waals surface area (Å²) in [4.78, 5) is 33.2. The number of hydrogen-bond acceptors (Lipinski definition) is 5. The van der Waals surface area contributed by atoms with E-state index in [9.17, 15) is 9.59 Å². The number of carbonyl (C=O) groups is 1. The molecule has 0 aliphatic carbocycles. The summed E-state index contributed by atoms with van der Waals surface area (Å²) in [6.45, 7) is 7.60. The number of aromatic nitrogens is 7. The molecular weight excluding hydrogens is 468 g/mol. The molecule has 0 saturated carbocycles. The monoisotopic (exact) mass is 496 g/mol. The highest BCUT2D eigenvalue weighted by atomic mass is 16.2. The number of rotatable bonds is 5. The van der Waals surface area contributed by atoms with Crippen LogP contribution in [0.25, 0.3) is 28.2 Å². The number of aromatic amines is 2. The summed E-state index contributed by atoms with van der Waals surface area (Å²) in [5.41, 5.74) is 7.41. The van der Waals surface area contributed by atoms with Crippen LogP contribution in [0.5, 0.6) is 0 Å². The molecule has 10 nitrogen and oxygen atoms in total. The van der Waals surface area contributed by atoms with Crippen molar-refractivity contribution in [3.8, 4) is 22.5 Å². The van der Waals surface area contributed by atoms with E-state index in [1.54, 1.807) is 11.0 Å². The zero-order valence-corrected chi connectivity index (χ0v) is 21.1. The molecule has 1 aliphatic rings. The number of nitrogens with one attached hydrogen (secondary N) is 2. The molecule has 0 unspecified atom stereocenters. The van der Waals surface area contributed by atoms with Crippen LogP contribution in [0.15, 0.2) is 47.3 Å². The minimum Gasteiger partial charge on any atom is -0.332 e. The Morgan fingerprint density at radius 2 is 1.95 bits per heavy atom. The summed E-state index contributed by atoms with van der Waals surface area (Å²) < 4.78 is 3.44. The molecule has 0 atom stereocenters. The van der Waals surface area contributed by atoms with Crippen LogP contribution in [-0.4, -0.2) is 51.9 Å². The lowest BCUT2D eigenvalue weighted by Crippen LogP contribution is -2.40. The SMILES string of the molecule is CCCn1nc(C)c(-c2cc(C(=O)N3CCc4nc5cc(-c6ccccc6)[nH]n5c(=O)c4C3)[nH]n2)c1C. The van der Waals surface area contributed by atoms with Crippen LogP contribution in [-0.2, 0) is 19.5 Å². The number of H-pyrrole nitrogens is 2. The number of hydrogen-bond donors (Lipinski definition) is 2. The van der Waals surface area contributed by atoms with Gasteiger partial charge in [-0.15, -0.1) is 0 Å². The molecule has 4 aromatic heterocycles. The van der Waals surface area contributed by atoms with E-state index in [2.05, 4.69) is 27.3 Å². The molecule has 10 heteroatoms. The molecule has 5 heterocycles. The van der Waals surface area contributed by atoms with E-state index >= 15 is 0 Å². The van der Waals surface area contributed by atoms with E-state index in [4.69, 9.17) is 4.98 Å². The first-order chi connectivity index (χ1) is 17.9. The maximum Gasteiger partial charge on any atom is 0.277 e. The molecule has 0 bridgehead atoms. The van der Waals surface area contributed by atoms with Gasteiger partial charge < -0.3 is 4.90 Å². The van der Waals surface area contributed by atoms with Gasteiger partial charge in [-0.25, -0.2) is 9.50 Å². The van der Waals surface area contributed by atoms with E-state index in [0.717, 1.165) is 46.9 Å². The van der Waals surface area contributed by atoms with E-state index < -0.39 is 0 Å². The van der Waals surface area contributed by atoms with Crippen molar-refractivity contribution in [3.05, 3.63) is 81.2 Å². The van der Waals surface area contributed by atoms with Gasteiger partial charge in [0.2, 0.25) is 0 Å². The molecule has 0 fully saturated rings. The Hall–Kier alpha value is -4.47. The third kappa shape index (κ3) is 3.85. The molecule has 0 spiro atoms. The van der Waals surface area contributed by atoms with Crippen molar-refractivity contribution in [2.24, 2.45) is 0 Å². The van der Waals surface area contributed by atoms with Crippen molar-refractivity contribution in [2.45, 2.75) is 46.7 Å². The van der Waals surface area contributed by atoms with Gasteiger partial charge in [-0.05, 0) is 31.9 Å². The van der Waals surface area contributed by atoms with Crippen LogP contribution < -0.4 is 5.56 Å². The van der Waals surface area contributed by atoms with Crippen molar-refractivity contribution >= 4 is 11.6 Å². The number of nitrogens with zero attached hydrogens (tertiary/aromatic N) is 6. The van der Waals surface area contributed by atoms with Crippen LogP contribution in [0.3, 0.4) is 0 Å². The van der Waals surface area contributed by atoms with Crippen LogP contribution in [0.4, 0.5) is 0 Å². The third-order valence-corrected chi connectivity index (χ3v) is 7.01. The van der Waals surface area contributed by atoms with Crippen molar-refractivity contribution in [3.63, 3.8) is 0 Å². The van der Waals surface area contributed by atoms with Crippen molar-refractivity contribution in [2.75, 3.05) is 6.54 Å². The van der Waals surface area contributed by atoms with Crippen molar-refractivity contribution < 1.29 is 4.79 Å². The summed E-state index contributed by atoms with van der Waals surface area (Å²) in [7, 11) is 0. The Morgan fingerprint density at radius 1 is 1.14 bits per heavy atom. The molecule has 1 aliphatic heterocycles. The lowest BCUT2D eigenvalue weighted by atomic mass is 10.1. The first kappa shape index (κ1) is 23.0. The molecule has 188 valence electrons. The predicted molar refractivity (Wildman–Crippen MR) is 139 cm³/mol. The molecule has 5 aromatic rings. The topological polar surface area (TPSA) is 117 Å². The van der Waals surface area contributed by atoms with Crippen LogP contribution in [0.2, 0.25) is 0 Å². The summed E-state index contributed by atoms with van der Waals surface area (Å²) in [6.07, 6.45) is 1.50. The molecule has 0 radical (unpaired) electrons. The first-order valence-corrected chi connectivity index (χ1v) is 12.5. The Balaban J connectivity index is 1.28. The molecule has 37 heavy (non-hydrogen) atoms. The van der Waals surface area contributed by atoms with Gasteiger partial charge in [0.05, 0.1) is 34.9 Å². The fourth-order valence-corrected chi connectivity index (χ4v) is 5.15. The highest BCUT2D eigenvalue weighted by Crippen LogP contribution is 2.27. The van der Waals surface area contributed by atoms with Gasteiger partial charge in [-0.1, -0.05) is 37.3 Å². The Kier molecular flexibility index (Phi) is 5.51. The van der Waals surface area contributed by atoms with E-state index in [1.807, 2.05) is 54.9 Å². The summed E-state index contributed by atoms with van der Waals surface area (Å²) >= 11 is 0. The smallest absolute Gasteiger partial charge is 0.277 e. The second-order valence-corrected chi connectivity index (χ2v) is 9.48. The van der Waals surface area contributed by atoms with Gasteiger partial charge in [0.25, 0.3) is 11.5 Å². The number of aryl methyl sites for hydroxylation is 2. The molecular formula is C27H28N8O2. The fourth-order valence-electron chi connectivity index (χ4n) is 5.15. The largest absolute Gasteiger partial charge is 0.332 e. The predicted octanol–water partition coefficient (Wildman–Crippen LogP) is 3.50. The maximum absolute atomic E-state index is 13.4. The number of carbonyl (C=O) groups excluding carboxylic acids is 1.